The standard InChI is InChI=1S/C14H29N3O3.HI/c1-12(11-18-3)17-14(15-2)16-7-4-8-20-13-5-9-19-10-6-13;/h12-13H,4-11H2,1-3H3,(H2,15,16,17);1H. The van der Waals surface area contributed by atoms with Gasteiger partial charge < -0.3 is 24.8 Å². The lowest BCUT2D eigenvalue weighted by Gasteiger charge is -2.22. The third kappa shape index (κ3) is 10.3. The first-order valence-electron chi connectivity index (χ1n) is 7.41. The van der Waals surface area contributed by atoms with Crippen LogP contribution in [0.4, 0.5) is 0 Å². The number of hydrogen-bond acceptors (Lipinski definition) is 4. The number of methoxy groups -OCH3 is 1. The van der Waals surface area contributed by atoms with E-state index in [0.717, 1.165) is 51.6 Å². The minimum Gasteiger partial charge on any atom is -0.383 e. The third-order valence-electron chi connectivity index (χ3n) is 3.16. The van der Waals surface area contributed by atoms with Gasteiger partial charge in [-0.15, -0.1) is 24.0 Å². The Labute approximate surface area is 145 Å². The summed E-state index contributed by atoms with van der Waals surface area (Å²) >= 11 is 0. The van der Waals surface area contributed by atoms with Gasteiger partial charge in [0.2, 0.25) is 0 Å². The second-order valence-corrected chi connectivity index (χ2v) is 5.04. The fraction of sp³-hybridized carbons (Fsp3) is 0.929. The Morgan fingerprint density at radius 2 is 2.10 bits per heavy atom. The largest absolute Gasteiger partial charge is 0.383 e. The van der Waals surface area contributed by atoms with Gasteiger partial charge in [-0.05, 0) is 26.2 Å². The summed E-state index contributed by atoms with van der Waals surface area (Å²) in [6, 6.07) is 0.240. The van der Waals surface area contributed by atoms with Crippen LogP contribution in [0.15, 0.2) is 4.99 Å². The maximum Gasteiger partial charge on any atom is 0.191 e. The third-order valence-corrected chi connectivity index (χ3v) is 3.16. The molecular weight excluding hydrogens is 385 g/mol. The van der Waals surface area contributed by atoms with Crippen molar-refractivity contribution >= 4 is 29.9 Å². The molecule has 1 unspecified atom stereocenters. The van der Waals surface area contributed by atoms with Crippen LogP contribution in [0.25, 0.3) is 0 Å². The molecule has 0 aromatic rings. The maximum absolute atomic E-state index is 5.82. The summed E-state index contributed by atoms with van der Waals surface area (Å²) in [6.45, 7) is 6.01. The highest BCUT2D eigenvalue weighted by atomic mass is 127. The topological polar surface area (TPSA) is 64.1 Å². The molecule has 7 heteroatoms. The molecule has 2 N–H and O–H groups in total. The van der Waals surface area contributed by atoms with Gasteiger partial charge in [0, 0.05) is 46.6 Å². The molecule has 0 spiro atoms. The Morgan fingerprint density at radius 3 is 2.71 bits per heavy atom. The zero-order chi connectivity index (χ0) is 14.6. The average Bonchev–Trinajstić information content (AvgIpc) is 2.47. The van der Waals surface area contributed by atoms with E-state index in [9.17, 15) is 0 Å². The number of hydrogen-bond donors (Lipinski definition) is 2. The van der Waals surface area contributed by atoms with Gasteiger partial charge in [0.25, 0.3) is 0 Å². The lowest BCUT2D eigenvalue weighted by molar-refractivity contribution is -0.0320. The van der Waals surface area contributed by atoms with Crippen LogP contribution in [-0.2, 0) is 14.2 Å². The number of halogens is 1. The molecule has 1 saturated heterocycles. The Morgan fingerprint density at radius 1 is 1.38 bits per heavy atom. The number of guanidine groups is 1. The van der Waals surface area contributed by atoms with Crippen LogP contribution < -0.4 is 10.6 Å². The lowest BCUT2D eigenvalue weighted by Crippen LogP contribution is -2.44. The summed E-state index contributed by atoms with van der Waals surface area (Å²) in [5.41, 5.74) is 0. The molecule has 0 bridgehead atoms. The first kappa shape index (κ1) is 20.9. The van der Waals surface area contributed by atoms with Crippen LogP contribution in [0.1, 0.15) is 26.2 Å². The fourth-order valence-corrected chi connectivity index (χ4v) is 2.09. The Hall–Kier alpha value is -0.120. The number of nitrogens with zero attached hydrogens (tertiary/aromatic N) is 1. The van der Waals surface area contributed by atoms with Crippen LogP contribution in [-0.4, -0.2) is 65.2 Å². The molecule has 6 nitrogen and oxygen atoms in total. The monoisotopic (exact) mass is 415 g/mol. The molecule has 1 heterocycles. The molecule has 1 atom stereocenters. The van der Waals surface area contributed by atoms with E-state index in [1.54, 1.807) is 14.2 Å². The highest BCUT2D eigenvalue weighted by molar-refractivity contribution is 14.0. The summed E-state index contributed by atoms with van der Waals surface area (Å²) in [4.78, 5) is 4.18. The molecule has 1 aliphatic rings. The van der Waals surface area contributed by atoms with Crippen LogP contribution in [0.3, 0.4) is 0 Å². The zero-order valence-electron chi connectivity index (χ0n) is 13.4. The van der Waals surface area contributed by atoms with Crippen molar-refractivity contribution < 1.29 is 14.2 Å². The van der Waals surface area contributed by atoms with Gasteiger partial charge in [-0.1, -0.05) is 0 Å². The van der Waals surface area contributed by atoms with Crippen molar-refractivity contribution in [3.05, 3.63) is 0 Å². The molecule has 1 rings (SSSR count). The summed E-state index contributed by atoms with van der Waals surface area (Å²) in [5.74, 6) is 0.806. The number of aliphatic imine (C=N–C) groups is 1. The Bertz CT molecular complexity index is 274. The van der Waals surface area contributed by atoms with Crippen molar-refractivity contribution in [1.82, 2.24) is 10.6 Å². The summed E-state index contributed by atoms with van der Waals surface area (Å²) in [5, 5.41) is 6.54. The summed E-state index contributed by atoms with van der Waals surface area (Å²) < 4.78 is 16.2. The highest BCUT2D eigenvalue weighted by Crippen LogP contribution is 2.10. The molecule has 0 saturated carbocycles. The molecule has 0 aromatic carbocycles. The van der Waals surface area contributed by atoms with E-state index in [4.69, 9.17) is 14.2 Å². The Balaban J connectivity index is 0.00000400. The average molecular weight is 415 g/mol. The van der Waals surface area contributed by atoms with Crippen LogP contribution in [0.5, 0.6) is 0 Å². The molecule has 0 aromatic heterocycles. The number of ether oxygens (including phenoxy) is 3. The second-order valence-electron chi connectivity index (χ2n) is 5.04. The first-order chi connectivity index (χ1) is 9.76. The quantitative estimate of drug-likeness (QED) is 0.272. The molecule has 0 amide bonds. The SMILES string of the molecule is CN=C(NCCCOC1CCOCC1)NC(C)COC.I. The van der Waals surface area contributed by atoms with Gasteiger partial charge in [-0.3, -0.25) is 4.99 Å². The van der Waals surface area contributed by atoms with Crippen molar-refractivity contribution in [2.75, 3.05) is 47.1 Å². The minimum atomic E-state index is 0. The smallest absolute Gasteiger partial charge is 0.191 e. The van der Waals surface area contributed by atoms with Crippen molar-refractivity contribution in [2.24, 2.45) is 4.99 Å². The molecule has 21 heavy (non-hydrogen) atoms. The molecule has 0 aliphatic carbocycles. The summed E-state index contributed by atoms with van der Waals surface area (Å²) in [6.07, 6.45) is 3.38. The van der Waals surface area contributed by atoms with E-state index >= 15 is 0 Å². The van der Waals surface area contributed by atoms with Crippen LogP contribution in [0, 0.1) is 0 Å². The van der Waals surface area contributed by atoms with Crippen LogP contribution >= 0.6 is 24.0 Å². The van der Waals surface area contributed by atoms with E-state index in [-0.39, 0.29) is 30.0 Å². The molecular formula is C14H30IN3O3. The van der Waals surface area contributed by atoms with E-state index < -0.39 is 0 Å². The van der Waals surface area contributed by atoms with E-state index in [1.165, 1.54) is 0 Å². The lowest BCUT2D eigenvalue weighted by atomic mass is 10.1. The predicted molar refractivity (Wildman–Crippen MR) is 95.7 cm³/mol. The molecule has 1 fully saturated rings. The predicted octanol–water partition coefficient (Wildman–Crippen LogP) is 1.39. The van der Waals surface area contributed by atoms with E-state index in [0.29, 0.717) is 12.7 Å². The molecule has 0 radical (unpaired) electrons. The van der Waals surface area contributed by atoms with Gasteiger partial charge >= 0.3 is 0 Å². The normalized spacial score (nSPS) is 18.0. The van der Waals surface area contributed by atoms with Gasteiger partial charge in [-0.25, -0.2) is 0 Å². The van der Waals surface area contributed by atoms with Gasteiger partial charge in [0.05, 0.1) is 12.7 Å². The van der Waals surface area contributed by atoms with Gasteiger partial charge in [0.15, 0.2) is 5.96 Å². The summed E-state index contributed by atoms with van der Waals surface area (Å²) in [7, 11) is 3.47. The van der Waals surface area contributed by atoms with Crippen molar-refractivity contribution in [3.8, 4) is 0 Å². The van der Waals surface area contributed by atoms with Crippen molar-refractivity contribution in [3.63, 3.8) is 0 Å². The van der Waals surface area contributed by atoms with Crippen molar-refractivity contribution in [2.45, 2.75) is 38.3 Å². The number of rotatable bonds is 8. The van der Waals surface area contributed by atoms with E-state index in [1.807, 2.05) is 0 Å². The molecule has 126 valence electrons. The second kappa shape index (κ2) is 13.5. The van der Waals surface area contributed by atoms with Gasteiger partial charge in [-0.2, -0.15) is 0 Å². The maximum atomic E-state index is 5.82. The van der Waals surface area contributed by atoms with Crippen molar-refractivity contribution in [1.29, 1.82) is 0 Å². The zero-order valence-corrected chi connectivity index (χ0v) is 15.7. The van der Waals surface area contributed by atoms with E-state index in [2.05, 4.69) is 22.5 Å². The first-order valence-corrected chi connectivity index (χ1v) is 7.41. The molecule has 1 aliphatic heterocycles. The van der Waals surface area contributed by atoms with Crippen LogP contribution in [0.2, 0.25) is 0 Å². The fourth-order valence-electron chi connectivity index (χ4n) is 2.09. The minimum absolute atomic E-state index is 0. The Kier molecular flexibility index (Phi) is 13.5. The number of nitrogens with one attached hydrogen (secondary N) is 2. The highest BCUT2D eigenvalue weighted by Gasteiger charge is 2.13. The van der Waals surface area contributed by atoms with Gasteiger partial charge in [0.1, 0.15) is 0 Å².